The highest BCUT2D eigenvalue weighted by molar-refractivity contribution is 7.88. The Labute approximate surface area is 160 Å². The van der Waals surface area contributed by atoms with E-state index >= 15 is 0 Å². The van der Waals surface area contributed by atoms with Crippen molar-refractivity contribution in [3.8, 4) is 0 Å². The summed E-state index contributed by atoms with van der Waals surface area (Å²) in [6, 6.07) is 17.0. The van der Waals surface area contributed by atoms with Crippen LogP contribution in [0.1, 0.15) is 11.1 Å². The van der Waals surface area contributed by atoms with Crippen molar-refractivity contribution in [3.63, 3.8) is 0 Å². The number of amides is 1. The average Bonchev–Trinajstić information content (AvgIpc) is 2.58. The zero-order valence-corrected chi connectivity index (χ0v) is 16.3. The quantitative estimate of drug-likeness (QED) is 0.710. The molecule has 0 spiro atoms. The van der Waals surface area contributed by atoms with Gasteiger partial charge in [0, 0.05) is 18.1 Å². The van der Waals surface area contributed by atoms with Crippen molar-refractivity contribution in [2.45, 2.75) is 12.8 Å². The van der Waals surface area contributed by atoms with E-state index in [2.05, 4.69) is 5.32 Å². The number of halogens is 1. The number of carbonyl (C=O) groups excluding carboxylic acids is 1. The summed E-state index contributed by atoms with van der Waals surface area (Å²) in [5.41, 5.74) is 2.05. The second kappa shape index (κ2) is 9.71. The van der Waals surface area contributed by atoms with Gasteiger partial charge in [-0.15, -0.1) is 0 Å². The van der Waals surface area contributed by atoms with Crippen LogP contribution in [0.5, 0.6) is 0 Å². The molecule has 0 saturated carbocycles. The highest BCUT2D eigenvalue weighted by atomic mass is 35.5. The molecule has 2 rings (SSSR count). The molecule has 1 amide bonds. The van der Waals surface area contributed by atoms with Crippen molar-refractivity contribution in [2.24, 2.45) is 0 Å². The van der Waals surface area contributed by atoms with Crippen LogP contribution in [0.15, 0.2) is 54.6 Å². The Bertz CT molecular complexity index is 826. The number of hydrogen-bond acceptors (Lipinski definition) is 3. The Morgan fingerprint density at radius 1 is 1.04 bits per heavy atom. The normalized spacial score (nSPS) is 11.5. The summed E-state index contributed by atoms with van der Waals surface area (Å²) >= 11 is 5.93. The molecule has 1 N–H and O–H groups in total. The Morgan fingerprint density at radius 3 is 2.38 bits per heavy atom. The Morgan fingerprint density at radius 2 is 1.73 bits per heavy atom. The van der Waals surface area contributed by atoms with Crippen molar-refractivity contribution >= 4 is 27.5 Å². The fourth-order valence-corrected chi connectivity index (χ4v) is 3.50. The van der Waals surface area contributed by atoms with Gasteiger partial charge in [0.15, 0.2) is 0 Å². The second-order valence-electron chi connectivity index (χ2n) is 6.06. The van der Waals surface area contributed by atoms with Crippen molar-refractivity contribution in [2.75, 3.05) is 25.9 Å². The zero-order valence-electron chi connectivity index (χ0n) is 14.7. The molecular formula is C19H23ClN2O3S. The van der Waals surface area contributed by atoms with Crippen molar-refractivity contribution in [1.29, 1.82) is 0 Å². The van der Waals surface area contributed by atoms with E-state index in [0.29, 0.717) is 24.4 Å². The van der Waals surface area contributed by atoms with E-state index in [1.165, 1.54) is 4.31 Å². The van der Waals surface area contributed by atoms with Crippen LogP contribution in [0.3, 0.4) is 0 Å². The third-order valence-electron chi connectivity index (χ3n) is 3.91. The molecule has 0 aliphatic heterocycles. The molecule has 0 aromatic heterocycles. The molecule has 0 heterocycles. The van der Waals surface area contributed by atoms with E-state index in [9.17, 15) is 13.2 Å². The lowest BCUT2D eigenvalue weighted by Crippen LogP contribution is -2.41. The van der Waals surface area contributed by atoms with Crippen LogP contribution < -0.4 is 5.32 Å². The fourth-order valence-electron chi connectivity index (χ4n) is 2.52. The van der Waals surface area contributed by atoms with Crippen LogP contribution in [-0.4, -0.2) is 44.5 Å². The number of rotatable bonds is 9. The molecule has 0 radical (unpaired) electrons. The topological polar surface area (TPSA) is 66.5 Å². The van der Waals surface area contributed by atoms with Crippen LogP contribution in [-0.2, 0) is 27.7 Å². The number of hydrogen-bond donors (Lipinski definition) is 1. The third kappa shape index (κ3) is 7.15. The molecule has 0 aliphatic rings. The Balaban J connectivity index is 1.84. The summed E-state index contributed by atoms with van der Waals surface area (Å²) < 4.78 is 25.1. The number of carbonyl (C=O) groups is 1. The van der Waals surface area contributed by atoms with Gasteiger partial charge in [-0.1, -0.05) is 54.1 Å². The monoisotopic (exact) mass is 394 g/mol. The standard InChI is InChI=1S/C19H23ClN2O3S/c1-26(24,25)22(13-11-16-6-3-2-4-7-16)15-19(23)21-12-10-17-8-5-9-18(20)14-17/h2-9,14H,10-13,15H2,1H3,(H,21,23). The molecule has 0 unspecified atom stereocenters. The minimum atomic E-state index is -3.46. The number of nitrogens with one attached hydrogen (secondary N) is 1. The van der Waals surface area contributed by atoms with E-state index in [1.54, 1.807) is 6.07 Å². The van der Waals surface area contributed by atoms with Gasteiger partial charge in [-0.25, -0.2) is 8.42 Å². The summed E-state index contributed by atoms with van der Waals surface area (Å²) in [6.45, 7) is 0.515. The average molecular weight is 395 g/mol. The molecule has 0 saturated heterocycles. The molecule has 2 aromatic carbocycles. The van der Waals surface area contributed by atoms with Crippen molar-refractivity contribution in [3.05, 3.63) is 70.7 Å². The van der Waals surface area contributed by atoms with Crippen molar-refractivity contribution < 1.29 is 13.2 Å². The summed E-state index contributed by atoms with van der Waals surface area (Å²) in [5.74, 6) is -0.314. The maximum absolute atomic E-state index is 12.1. The van der Waals surface area contributed by atoms with Crippen LogP contribution in [0.2, 0.25) is 5.02 Å². The molecule has 2 aromatic rings. The van der Waals surface area contributed by atoms with Crippen LogP contribution in [0.4, 0.5) is 0 Å². The van der Waals surface area contributed by atoms with E-state index in [1.807, 2.05) is 48.5 Å². The second-order valence-corrected chi connectivity index (χ2v) is 8.48. The first kappa shape index (κ1) is 20.4. The van der Waals surface area contributed by atoms with E-state index in [4.69, 9.17) is 11.6 Å². The first-order chi connectivity index (χ1) is 12.3. The lowest BCUT2D eigenvalue weighted by molar-refractivity contribution is -0.121. The first-order valence-corrected chi connectivity index (χ1v) is 10.6. The van der Waals surface area contributed by atoms with Crippen LogP contribution >= 0.6 is 11.6 Å². The first-order valence-electron chi connectivity index (χ1n) is 8.35. The van der Waals surface area contributed by atoms with E-state index in [-0.39, 0.29) is 19.0 Å². The summed E-state index contributed by atoms with van der Waals surface area (Å²) in [4.78, 5) is 12.1. The van der Waals surface area contributed by atoms with Gasteiger partial charge >= 0.3 is 0 Å². The Hall–Kier alpha value is -1.89. The molecule has 0 atom stereocenters. The molecule has 0 aliphatic carbocycles. The van der Waals surface area contributed by atoms with Crippen LogP contribution in [0, 0.1) is 0 Å². The fraction of sp³-hybridized carbons (Fsp3) is 0.316. The molecule has 5 nitrogen and oxygen atoms in total. The predicted octanol–water partition coefficient (Wildman–Crippen LogP) is 2.50. The van der Waals surface area contributed by atoms with E-state index in [0.717, 1.165) is 17.4 Å². The third-order valence-corrected chi connectivity index (χ3v) is 5.39. The van der Waals surface area contributed by atoms with Crippen molar-refractivity contribution in [1.82, 2.24) is 9.62 Å². The molecule has 140 valence electrons. The molecular weight excluding hydrogens is 372 g/mol. The molecule has 0 fully saturated rings. The highest BCUT2D eigenvalue weighted by Crippen LogP contribution is 2.10. The minimum absolute atomic E-state index is 0.179. The number of nitrogens with zero attached hydrogens (tertiary/aromatic N) is 1. The van der Waals surface area contributed by atoms with Gasteiger partial charge in [-0.2, -0.15) is 4.31 Å². The van der Waals surface area contributed by atoms with Gasteiger partial charge in [0.25, 0.3) is 0 Å². The number of sulfonamides is 1. The maximum Gasteiger partial charge on any atom is 0.235 e. The van der Waals surface area contributed by atoms with Gasteiger partial charge in [-0.05, 0) is 36.1 Å². The minimum Gasteiger partial charge on any atom is -0.355 e. The van der Waals surface area contributed by atoms with Gasteiger partial charge in [0.2, 0.25) is 15.9 Å². The molecule has 26 heavy (non-hydrogen) atoms. The largest absolute Gasteiger partial charge is 0.355 e. The summed E-state index contributed by atoms with van der Waals surface area (Å²) in [7, 11) is -3.46. The molecule has 7 heteroatoms. The lowest BCUT2D eigenvalue weighted by Gasteiger charge is -2.19. The predicted molar refractivity (Wildman–Crippen MR) is 105 cm³/mol. The van der Waals surface area contributed by atoms with Gasteiger partial charge < -0.3 is 5.32 Å². The zero-order chi connectivity index (χ0) is 19.0. The van der Waals surface area contributed by atoms with Gasteiger partial charge in [0.1, 0.15) is 0 Å². The van der Waals surface area contributed by atoms with E-state index < -0.39 is 10.0 Å². The van der Waals surface area contributed by atoms with Gasteiger partial charge in [0.05, 0.1) is 12.8 Å². The summed E-state index contributed by atoms with van der Waals surface area (Å²) in [5, 5.41) is 3.41. The lowest BCUT2D eigenvalue weighted by atomic mass is 10.1. The maximum atomic E-state index is 12.1. The Kier molecular flexibility index (Phi) is 7.63. The highest BCUT2D eigenvalue weighted by Gasteiger charge is 2.19. The molecule has 0 bridgehead atoms. The number of benzene rings is 2. The smallest absolute Gasteiger partial charge is 0.235 e. The van der Waals surface area contributed by atoms with Gasteiger partial charge in [-0.3, -0.25) is 4.79 Å². The summed E-state index contributed by atoms with van der Waals surface area (Å²) in [6.07, 6.45) is 2.32. The van der Waals surface area contributed by atoms with Crippen LogP contribution in [0.25, 0.3) is 0 Å². The SMILES string of the molecule is CS(=O)(=O)N(CCc1ccccc1)CC(=O)NCCc1cccc(Cl)c1.